The smallest absolute Gasteiger partial charge is 0.164 e. The minimum Gasteiger partial charge on any atom is -0.228 e. The van der Waals surface area contributed by atoms with Crippen molar-refractivity contribution in [3.05, 3.63) is 302 Å². The molecular formula is C90H78Cl3N9. The molecule has 0 atom stereocenters. The topological polar surface area (TPSA) is 92.1 Å². The number of para-hydroxylation sites is 3. The molecule has 0 N–H and O–H groups in total. The van der Waals surface area contributed by atoms with E-state index in [0.29, 0.717) is 0 Å². The van der Waals surface area contributed by atoms with E-state index in [1.165, 1.54) is 66.8 Å². The van der Waals surface area contributed by atoms with Crippen LogP contribution in [-0.4, -0.2) is 44.3 Å². The van der Waals surface area contributed by atoms with Gasteiger partial charge >= 0.3 is 0 Å². The van der Waals surface area contributed by atoms with Crippen molar-refractivity contribution in [2.45, 2.75) is 117 Å². The summed E-state index contributed by atoms with van der Waals surface area (Å²) in [5, 5.41) is 21.2. The summed E-state index contributed by atoms with van der Waals surface area (Å²) in [4.78, 5) is 16.0. The van der Waals surface area contributed by atoms with Gasteiger partial charge in [-0.05, 0) is 178 Å². The lowest BCUT2D eigenvalue weighted by Gasteiger charge is -2.24. The summed E-state index contributed by atoms with van der Waals surface area (Å²) in [6, 6.07) is 81.5. The molecule has 9 nitrogen and oxygen atoms in total. The zero-order valence-electron chi connectivity index (χ0n) is 58.9. The van der Waals surface area contributed by atoms with Gasteiger partial charge in [0.05, 0.1) is 67.4 Å². The highest BCUT2D eigenvalue weighted by atomic mass is 35.5. The highest BCUT2D eigenvalue weighted by Gasteiger charge is 2.36. The van der Waals surface area contributed by atoms with Gasteiger partial charge in [-0.1, -0.05) is 261 Å². The Morgan fingerprint density at radius 2 is 0.510 bits per heavy atom. The van der Waals surface area contributed by atoms with Crippen LogP contribution in [0.25, 0.3) is 117 Å². The molecule has 15 aromatic rings. The molecule has 0 saturated heterocycles. The number of nitrogens with zero attached hydrogens (tertiary/aromatic N) is 9. The van der Waals surface area contributed by atoms with Gasteiger partial charge in [0.2, 0.25) is 0 Å². The monoisotopic (exact) mass is 1390 g/mol. The molecule has 504 valence electrons. The van der Waals surface area contributed by atoms with Crippen LogP contribution in [0.5, 0.6) is 0 Å². The lowest BCUT2D eigenvalue weighted by molar-refractivity contribution is 0.564. The molecule has 0 spiro atoms. The van der Waals surface area contributed by atoms with Crippen molar-refractivity contribution < 1.29 is 0 Å². The van der Waals surface area contributed by atoms with Crippen molar-refractivity contribution in [2.75, 3.05) is 0 Å². The van der Waals surface area contributed by atoms with E-state index >= 15 is 0 Å². The number of aromatic nitrogens is 9. The first-order valence-corrected chi connectivity index (χ1v) is 36.5. The van der Waals surface area contributed by atoms with Crippen LogP contribution < -0.4 is 0 Å². The Kier molecular flexibility index (Phi) is 17.1. The van der Waals surface area contributed by atoms with Crippen LogP contribution in [0.1, 0.15) is 113 Å². The quantitative estimate of drug-likeness (QED) is 0.165. The number of pyridine rings is 3. The van der Waals surface area contributed by atoms with Gasteiger partial charge in [0, 0.05) is 48.0 Å². The average Bonchev–Trinajstić information content (AvgIpc) is 1.51. The second-order valence-electron chi connectivity index (χ2n) is 30.1. The molecule has 6 heterocycles. The number of fused-ring (bicyclic) bond motifs is 12. The standard InChI is InChI=1S/3C30H26ClN3/c3*1-30(2,3)28-26-25(20-13-16-21(31)17-14-20)24-18-15-19-9-7-8-12-23(19)27(24)32-29(26)34(33-28)22-10-5-4-6-11-22/h3*4-14,16-17H,15,18H2,1-3H3. The van der Waals surface area contributed by atoms with Crippen LogP contribution >= 0.6 is 34.8 Å². The van der Waals surface area contributed by atoms with Crippen LogP contribution in [0.3, 0.4) is 0 Å². The van der Waals surface area contributed by atoms with Gasteiger partial charge in [-0.25, -0.2) is 29.0 Å². The predicted molar refractivity (Wildman–Crippen MR) is 423 cm³/mol. The van der Waals surface area contributed by atoms with E-state index in [2.05, 4.69) is 208 Å². The number of benzene rings is 9. The van der Waals surface area contributed by atoms with Gasteiger partial charge in [0.15, 0.2) is 16.9 Å². The van der Waals surface area contributed by atoms with E-state index in [4.69, 9.17) is 65.1 Å². The molecule has 18 rings (SSSR count). The second kappa shape index (κ2) is 26.3. The van der Waals surface area contributed by atoms with E-state index in [0.717, 1.165) is 155 Å². The van der Waals surface area contributed by atoms with E-state index in [9.17, 15) is 0 Å². The molecule has 0 aliphatic heterocycles. The van der Waals surface area contributed by atoms with Gasteiger partial charge in [0.25, 0.3) is 0 Å². The lowest BCUT2D eigenvalue weighted by Crippen LogP contribution is -2.14. The van der Waals surface area contributed by atoms with Crippen LogP contribution in [0.2, 0.25) is 15.1 Å². The van der Waals surface area contributed by atoms with Crippen molar-refractivity contribution in [2.24, 2.45) is 0 Å². The summed E-state index contributed by atoms with van der Waals surface area (Å²) in [5.74, 6) is 0. The fourth-order valence-corrected chi connectivity index (χ4v) is 15.6. The van der Waals surface area contributed by atoms with Crippen molar-refractivity contribution in [1.82, 2.24) is 44.3 Å². The van der Waals surface area contributed by atoms with Gasteiger partial charge < -0.3 is 0 Å². The van der Waals surface area contributed by atoms with Crippen molar-refractivity contribution in [3.63, 3.8) is 0 Å². The number of hydrogen-bond acceptors (Lipinski definition) is 6. The van der Waals surface area contributed by atoms with Crippen LogP contribution in [0.15, 0.2) is 237 Å². The molecule has 12 heteroatoms. The largest absolute Gasteiger partial charge is 0.228 e. The molecule has 0 bridgehead atoms. The van der Waals surface area contributed by atoms with Crippen LogP contribution in [0.4, 0.5) is 0 Å². The third-order valence-corrected chi connectivity index (χ3v) is 20.8. The highest BCUT2D eigenvalue weighted by molar-refractivity contribution is 6.31. The van der Waals surface area contributed by atoms with Crippen molar-refractivity contribution in [1.29, 1.82) is 0 Å². The van der Waals surface area contributed by atoms with E-state index in [-0.39, 0.29) is 16.2 Å². The lowest BCUT2D eigenvalue weighted by atomic mass is 9.81. The predicted octanol–water partition coefficient (Wildman–Crippen LogP) is 23.4. The van der Waals surface area contributed by atoms with E-state index < -0.39 is 0 Å². The van der Waals surface area contributed by atoms with Gasteiger partial charge in [-0.15, -0.1) is 0 Å². The Hall–Kier alpha value is -10.3. The van der Waals surface area contributed by atoms with Crippen LogP contribution in [-0.2, 0) is 54.8 Å². The molecule has 0 unspecified atom stereocenters. The maximum absolute atomic E-state index is 6.29. The Balaban J connectivity index is 0.000000118. The molecular weight excluding hydrogens is 1310 g/mol. The fraction of sp³-hybridized carbons (Fsp3) is 0.200. The molecule has 0 radical (unpaired) electrons. The first-order chi connectivity index (χ1) is 49.2. The Bertz CT molecular complexity index is 5130. The van der Waals surface area contributed by atoms with Gasteiger partial charge in [-0.3, -0.25) is 0 Å². The summed E-state index contributed by atoms with van der Waals surface area (Å²) in [5.41, 5.74) is 30.5. The number of aryl methyl sites for hydroxylation is 3. The zero-order valence-corrected chi connectivity index (χ0v) is 61.2. The first kappa shape index (κ1) is 66.3. The average molecular weight is 1390 g/mol. The zero-order chi connectivity index (χ0) is 70.3. The molecule has 3 aliphatic carbocycles. The van der Waals surface area contributed by atoms with E-state index in [1.807, 2.05) is 105 Å². The Morgan fingerprint density at radius 3 is 0.755 bits per heavy atom. The maximum atomic E-state index is 6.29. The minimum atomic E-state index is -0.151. The third-order valence-electron chi connectivity index (χ3n) is 20.0. The molecule has 0 fully saturated rings. The molecule has 0 saturated carbocycles. The molecule has 9 aromatic carbocycles. The molecule has 0 amide bonds. The summed E-state index contributed by atoms with van der Waals surface area (Å²) < 4.78 is 6.06. The molecule has 6 aromatic heterocycles. The molecule has 3 aliphatic rings. The molecule has 102 heavy (non-hydrogen) atoms. The van der Waals surface area contributed by atoms with Crippen LogP contribution in [0, 0.1) is 0 Å². The SMILES string of the molecule is CC(C)(C)c1nn(-c2ccccc2)c2nc3c(c(-c4ccc(Cl)cc4)c12)CCc1ccccc1-3.CC(C)(C)c1nn(-c2ccccc2)c2nc3c(c(-c4ccc(Cl)cc4)c12)CCc1ccccc1-3.CC(C)(C)c1nn(-c2ccccc2)c2nc3c(c(-c4ccc(Cl)cc4)c12)CCc1ccccc1-3. The summed E-state index contributed by atoms with van der Waals surface area (Å²) in [6.07, 6.45) is 5.88. The Labute approximate surface area is 611 Å². The van der Waals surface area contributed by atoms with Gasteiger partial charge in [0.1, 0.15) is 0 Å². The Morgan fingerprint density at radius 1 is 0.275 bits per heavy atom. The first-order valence-electron chi connectivity index (χ1n) is 35.3. The number of rotatable bonds is 6. The summed E-state index contributed by atoms with van der Waals surface area (Å²) >= 11 is 18.9. The summed E-state index contributed by atoms with van der Waals surface area (Å²) in [7, 11) is 0. The summed E-state index contributed by atoms with van der Waals surface area (Å²) in [6.45, 7) is 20.0. The highest BCUT2D eigenvalue weighted by Crippen LogP contribution is 2.49. The number of hydrogen-bond donors (Lipinski definition) is 0. The number of halogens is 3. The van der Waals surface area contributed by atoms with Crippen molar-refractivity contribution in [3.8, 4) is 84.2 Å². The fourth-order valence-electron chi connectivity index (χ4n) is 15.3. The third kappa shape index (κ3) is 12.1. The van der Waals surface area contributed by atoms with E-state index in [1.54, 1.807) is 0 Å². The van der Waals surface area contributed by atoms with Crippen molar-refractivity contribution >= 4 is 67.9 Å². The normalized spacial score (nSPS) is 13.1. The van der Waals surface area contributed by atoms with Gasteiger partial charge in [-0.2, -0.15) is 15.3 Å². The second-order valence-corrected chi connectivity index (χ2v) is 31.4. The maximum Gasteiger partial charge on any atom is 0.164 e. The minimum absolute atomic E-state index is 0.151.